The predicted octanol–water partition coefficient (Wildman–Crippen LogP) is 1.29. The number of sulfone groups is 1. The molecule has 25 heavy (non-hydrogen) atoms. The van der Waals surface area contributed by atoms with E-state index < -0.39 is 27.4 Å². The van der Waals surface area contributed by atoms with Crippen LogP contribution >= 0.6 is 0 Å². The van der Waals surface area contributed by atoms with Gasteiger partial charge in [0.05, 0.1) is 5.75 Å². The summed E-state index contributed by atoms with van der Waals surface area (Å²) in [6, 6.07) is 9.41. The van der Waals surface area contributed by atoms with Crippen molar-refractivity contribution in [1.82, 2.24) is 4.90 Å². The Morgan fingerprint density at radius 1 is 1.16 bits per heavy atom. The van der Waals surface area contributed by atoms with Crippen LogP contribution in [0.15, 0.2) is 30.3 Å². The summed E-state index contributed by atoms with van der Waals surface area (Å²) >= 11 is 0. The molecule has 0 aromatic heterocycles. The number of rotatable bonds is 8. The zero-order valence-electron chi connectivity index (χ0n) is 14.4. The van der Waals surface area contributed by atoms with Gasteiger partial charge in [0.25, 0.3) is 0 Å². The fourth-order valence-corrected chi connectivity index (χ4v) is 4.53. The number of amides is 2. The fraction of sp³-hybridized carbons (Fsp3) is 0.556. The molecule has 1 heterocycles. The van der Waals surface area contributed by atoms with Crippen molar-refractivity contribution < 1.29 is 18.0 Å². The molecule has 1 aromatic rings. The lowest BCUT2D eigenvalue weighted by Crippen LogP contribution is -2.47. The third-order valence-electron chi connectivity index (χ3n) is 4.49. The molecule has 1 saturated heterocycles. The van der Waals surface area contributed by atoms with Crippen LogP contribution in [0.5, 0.6) is 0 Å². The molecule has 2 rings (SSSR count). The van der Waals surface area contributed by atoms with Crippen LogP contribution in [-0.2, 0) is 25.8 Å². The highest BCUT2D eigenvalue weighted by Gasteiger charge is 2.30. The molecule has 2 N–H and O–H groups in total. The first kappa shape index (κ1) is 19.4. The third kappa shape index (κ3) is 6.49. The van der Waals surface area contributed by atoms with Crippen LogP contribution < -0.4 is 5.73 Å². The number of benzene rings is 1. The highest BCUT2D eigenvalue weighted by Crippen LogP contribution is 2.20. The van der Waals surface area contributed by atoms with Gasteiger partial charge in [-0.25, -0.2) is 8.42 Å². The van der Waals surface area contributed by atoms with E-state index in [1.165, 1.54) is 4.90 Å². The number of aryl methyl sites for hydroxylation is 1. The van der Waals surface area contributed by atoms with E-state index in [0.29, 0.717) is 25.8 Å². The molecule has 7 heteroatoms. The van der Waals surface area contributed by atoms with Crippen molar-refractivity contribution in [3.63, 3.8) is 0 Å². The van der Waals surface area contributed by atoms with Gasteiger partial charge in [-0.1, -0.05) is 30.3 Å². The first-order chi connectivity index (χ1) is 11.9. The predicted molar refractivity (Wildman–Crippen MR) is 96.6 cm³/mol. The third-order valence-corrected chi connectivity index (χ3v) is 6.09. The van der Waals surface area contributed by atoms with E-state index >= 15 is 0 Å². The number of carbonyl (C=O) groups is 2. The summed E-state index contributed by atoms with van der Waals surface area (Å²) in [5.74, 6) is -1.37. The molecule has 0 radical (unpaired) electrons. The van der Waals surface area contributed by atoms with Crippen molar-refractivity contribution in [2.45, 2.75) is 44.6 Å². The standard InChI is InChI=1S/C18H26N2O4S/c19-17(21)13-16-10-4-5-11-20(16)18(22)14-25(23,24)12-6-9-15-7-2-1-3-8-15/h1-3,7-8,16H,4-6,9-14H2,(H2,19,21). The molecule has 0 bridgehead atoms. The van der Waals surface area contributed by atoms with Crippen LogP contribution in [-0.4, -0.2) is 49.2 Å². The summed E-state index contributed by atoms with van der Waals surface area (Å²) in [5.41, 5.74) is 6.32. The maximum absolute atomic E-state index is 12.4. The molecule has 0 saturated carbocycles. The lowest BCUT2D eigenvalue weighted by molar-refractivity contribution is -0.133. The molecule has 1 aromatic carbocycles. The van der Waals surface area contributed by atoms with Crippen molar-refractivity contribution in [2.24, 2.45) is 5.73 Å². The molecule has 1 aliphatic rings. The summed E-state index contributed by atoms with van der Waals surface area (Å²) in [6.07, 6.45) is 3.70. The summed E-state index contributed by atoms with van der Waals surface area (Å²) in [7, 11) is -3.46. The van der Waals surface area contributed by atoms with Gasteiger partial charge in [0, 0.05) is 19.0 Å². The zero-order chi connectivity index (χ0) is 18.3. The molecule has 0 aliphatic carbocycles. The Morgan fingerprint density at radius 3 is 2.56 bits per heavy atom. The van der Waals surface area contributed by atoms with Gasteiger partial charge in [0.1, 0.15) is 5.75 Å². The number of hydrogen-bond acceptors (Lipinski definition) is 4. The van der Waals surface area contributed by atoms with Crippen molar-refractivity contribution >= 4 is 21.7 Å². The first-order valence-electron chi connectivity index (χ1n) is 8.69. The lowest BCUT2D eigenvalue weighted by Gasteiger charge is -2.35. The number of nitrogens with two attached hydrogens (primary N) is 1. The molecule has 1 atom stereocenters. The Balaban J connectivity index is 1.87. The molecular formula is C18H26N2O4S. The smallest absolute Gasteiger partial charge is 0.238 e. The minimum absolute atomic E-state index is 0.0119. The molecule has 1 unspecified atom stereocenters. The summed E-state index contributed by atoms with van der Waals surface area (Å²) in [4.78, 5) is 25.1. The second-order valence-electron chi connectivity index (χ2n) is 6.59. The summed E-state index contributed by atoms with van der Waals surface area (Å²) < 4.78 is 24.5. The van der Waals surface area contributed by atoms with Crippen molar-refractivity contribution in [3.8, 4) is 0 Å². The number of nitrogens with zero attached hydrogens (tertiary/aromatic N) is 1. The minimum Gasteiger partial charge on any atom is -0.370 e. The van der Waals surface area contributed by atoms with E-state index in [4.69, 9.17) is 5.73 Å². The quantitative estimate of drug-likeness (QED) is 0.749. The van der Waals surface area contributed by atoms with Crippen molar-refractivity contribution in [3.05, 3.63) is 35.9 Å². The number of primary amides is 1. The number of piperidine rings is 1. The van der Waals surface area contributed by atoms with Gasteiger partial charge in [-0.2, -0.15) is 0 Å². The van der Waals surface area contributed by atoms with Gasteiger partial charge in [0.2, 0.25) is 11.8 Å². The van der Waals surface area contributed by atoms with Crippen LogP contribution in [0, 0.1) is 0 Å². The van der Waals surface area contributed by atoms with Gasteiger partial charge in [-0.05, 0) is 37.7 Å². The largest absolute Gasteiger partial charge is 0.370 e. The zero-order valence-corrected chi connectivity index (χ0v) is 15.2. The lowest BCUT2D eigenvalue weighted by atomic mass is 9.99. The van der Waals surface area contributed by atoms with E-state index in [1.54, 1.807) is 0 Å². The highest BCUT2D eigenvalue weighted by atomic mass is 32.2. The minimum atomic E-state index is -3.46. The van der Waals surface area contributed by atoms with Crippen molar-refractivity contribution in [2.75, 3.05) is 18.1 Å². The van der Waals surface area contributed by atoms with Gasteiger partial charge in [-0.15, -0.1) is 0 Å². The first-order valence-corrected chi connectivity index (χ1v) is 10.5. The Hall–Kier alpha value is -1.89. The summed E-state index contributed by atoms with van der Waals surface area (Å²) in [5, 5.41) is 0. The highest BCUT2D eigenvalue weighted by molar-refractivity contribution is 7.92. The van der Waals surface area contributed by atoms with Gasteiger partial charge < -0.3 is 10.6 Å². The average molecular weight is 366 g/mol. The molecule has 6 nitrogen and oxygen atoms in total. The Kier molecular flexibility index (Phi) is 6.99. The molecule has 1 fully saturated rings. The second kappa shape index (κ2) is 8.99. The van der Waals surface area contributed by atoms with Gasteiger partial charge in [0.15, 0.2) is 9.84 Å². The average Bonchev–Trinajstić information content (AvgIpc) is 2.55. The van der Waals surface area contributed by atoms with E-state index in [2.05, 4.69) is 0 Å². The van der Waals surface area contributed by atoms with E-state index in [0.717, 1.165) is 18.4 Å². The summed E-state index contributed by atoms with van der Waals surface area (Å²) in [6.45, 7) is 0.496. The second-order valence-corrected chi connectivity index (χ2v) is 8.77. The molecule has 1 aliphatic heterocycles. The monoisotopic (exact) mass is 366 g/mol. The molecule has 138 valence electrons. The van der Waals surface area contributed by atoms with Crippen LogP contribution in [0.1, 0.15) is 37.7 Å². The van der Waals surface area contributed by atoms with Crippen LogP contribution in [0.25, 0.3) is 0 Å². The molecule has 2 amide bonds. The fourth-order valence-electron chi connectivity index (χ4n) is 3.26. The maximum Gasteiger partial charge on any atom is 0.238 e. The van der Waals surface area contributed by atoms with E-state index in [-0.39, 0.29) is 18.2 Å². The molecule has 0 spiro atoms. The Labute approximate surface area is 149 Å². The normalized spacial score (nSPS) is 18.1. The van der Waals surface area contributed by atoms with Gasteiger partial charge in [-0.3, -0.25) is 9.59 Å². The Morgan fingerprint density at radius 2 is 1.88 bits per heavy atom. The number of hydrogen-bond donors (Lipinski definition) is 1. The van der Waals surface area contributed by atoms with E-state index in [1.807, 2.05) is 30.3 Å². The van der Waals surface area contributed by atoms with Crippen LogP contribution in [0.2, 0.25) is 0 Å². The van der Waals surface area contributed by atoms with E-state index in [9.17, 15) is 18.0 Å². The number of carbonyl (C=O) groups excluding carboxylic acids is 2. The van der Waals surface area contributed by atoms with Crippen LogP contribution in [0.3, 0.4) is 0 Å². The SMILES string of the molecule is NC(=O)CC1CCCCN1C(=O)CS(=O)(=O)CCCc1ccccc1. The van der Waals surface area contributed by atoms with Crippen molar-refractivity contribution in [1.29, 1.82) is 0 Å². The van der Waals surface area contributed by atoms with Gasteiger partial charge >= 0.3 is 0 Å². The topological polar surface area (TPSA) is 97.5 Å². The maximum atomic E-state index is 12.4. The Bertz CT molecular complexity index is 688. The van der Waals surface area contributed by atoms with Crippen LogP contribution in [0.4, 0.5) is 0 Å². The number of likely N-dealkylation sites (tertiary alicyclic amines) is 1. The molecular weight excluding hydrogens is 340 g/mol.